The Kier molecular flexibility index (Phi) is 4.18. The SMILES string of the molecule is CC(C)OCCNCc1ccc2[nH]ccc2c1. The predicted molar refractivity (Wildman–Crippen MR) is 71.1 cm³/mol. The van der Waals surface area contributed by atoms with Crippen LogP contribution in [-0.4, -0.2) is 24.2 Å². The highest BCUT2D eigenvalue weighted by Crippen LogP contribution is 2.13. The summed E-state index contributed by atoms with van der Waals surface area (Å²) in [5, 5.41) is 4.65. The third kappa shape index (κ3) is 3.58. The van der Waals surface area contributed by atoms with E-state index in [0.717, 1.165) is 19.7 Å². The van der Waals surface area contributed by atoms with Crippen LogP contribution in [-0.2, 0) is 11.3 Å². The molecule has 1 heterocycles. The summed E-state index contributed by atoms with van der Waals surface area (Å²) < 4.78 is 5.47. The fourth-order valence-corrected chi connectivity index (χ4v) is 1.81. The molecule has 0 amide bonds. The third-order valence-corrected chi connectivity index (χ3v) is 2.68. The average molecular weight is 232 g/mol. The van der Waals surface area contributed by atoms with Crippen LogP contribution in [0, 0.1) is 0 Å². The van der Waals surface area contributed by atoms with Gasteiger partial charge in [-0.05, 0) is 43.0 Å². The maximum atomic E-state index is 5.47. The molecular formula is C14H20N2O. The molecule has 0 aliphatic rings. The summed E-state index contributed by atoms with van der Waals surface area (Å²) in [5.41, 5.74) is 2.50. The van der Waals surface area contributed by atoms with Crippen molar-refractivity contribution in [2.45, 2.75) is 26.5 Å². The van der Waals surface area contributed by atoms with Crippen molar-refractivity contribution in [2.24, 2.45) is 0 Å². The average Bonchev–Trinajstić information content (AvgIpc) is 2.75. The summed E-state index contributed by atoms with van der Waals surface area (Å²) >= 11 is 0. The number of nitrogens with one attached hydrogen (secondary N) is 2. The molecule has 0 atom stereocenters. The second-order valence-corrected chi connectivity index (χ2v) is 4.50. The summed E-state index contributed by atoms with van der Waals surface area (Å²) in [6, 6.07) is 8.58. The van der Waals surface area contributed by atoms with Gasteiger partial charge < -0.3 is 15.0 Å². The maximum Gasteiger partial charge on any atom is 0.0594 e. The van der Waals surface area contributed by atoms with Crippen LogP contribution in [0.3, 0.4) is 0 Å². The normalized spacial score (nSPS) is 11.5. The first-order valence-electron chi connectivity index (χ1n) is 6.14. The third-order valence-electron chi connectivity index (χ3n) is 2.68. The van der Waals surface area contributed by atoms with Gasteiger partial charge in [0.2, 0.25) is 0 Å². The molecule has 1 aromatic heterocycles. The Morgan fingerprint density at radius 3 is 3.00 bits per heavy atom. The van der Waals surface area contributed by atoms with Gasteiger partial charge in [-0.1, -0.05) is 6.07 Å². The fraction of sp³-hybridized carbons (Fsp3) is 0.429. The van der Waals surface area contributed by atoms with Gasteiger partial charge in [-0.2, -0.15) is 0 Å². The lowest BCUT2D eigenvalue weighted by Crippen LogP contribution is -2.20. The van der Waals surface area contributed by atoms with Crippen molar-refractivity contribution in [3.63, 3.8) is 0 Å². The van der Waals surface area contributed by atoms with E-state index in [1.807, 2.05) is 6.20 Å². The Balaban J connectivity index is 1.78. The molecule has 0 radical (unpaired) electrons. The molecule has 0 bridgehead atoms. The fourth-order valence-electron chi connectivity index (χ4n) is 1.81. The lowest BCUT2D eigenvalue weighted by Gasteiger charge is -2.08. The number of benzene rings is 1. The summed E-state index contributed by atoms with van der Waals surface area (Å²) in [6.07, 6.45) is 2.28. The second kappa shape index (κ2) is 5.84. The number of hydrogen-bond donors (Lipinski definition) is 2. The molecule has 0 aliphatic heterocycles. The molecule has 1 aromatic carbocycles. The van der Waals surface area contributed by atoms with Crippen molar-refractivity contribution in [3.05, 3.63) is 36.0 Å². The number of H-pyrrole nitrogens is 1. The quantitative estimate of drug-likeness (QED) is 0.751. The van der Waals surface area contributed by atoms with Crippen LogP contribution in [0.5, 0.6) is 0 Å². The molecule has 2 rings (SSSR count). The summed E-state index contributed by atoms with van der Waals surface area (Å²) in [4.78, 5) is 3.20. The Morgan fingerprint density at radius 2 is 2.18 bits per heavy atom. The Hall–Kier alpha value is -1.32. The van der Waals surface area contributed by atoms with Gasteiger partial charge in [-0.3, -0.25) is 0 Å². The van der Waals surface area contributed by atoms with Crippen molar-refractivity contribution in [3.8, 4) is 0 Å². The number of rotatable bonds is 6. The Morgan fingerprint density at radius 1 is 1.29 bits per heavy atom. The van der Waals surface area contributed by atoms with Crippen molar-refractivity contribution in [1.82, 2.24) is 10.3 Å². The standard InChI is InChI=1S/C14H20N2O/c1-11(2)17-8-7-15-10-12-3-4-14-13(9-12)5-6-16-14/h3-6,9,11,15-16H,7-8,10H2,1-2H3. The van der Waals surface area contributed by atoms with Crippen LogP contribution in [0.4, 0.5) is 0 Å². The minimum absolute atomic E-state index is 0.313. The Labute approximate surface area is 102 Å². The summed E-state index contributed by atoms with van der Waals surface area (Å²) in [5.74, 6) is 0. The monoisotopic (exact) mass is 232 g/mol. The molecular weight excluding hydrogens is 212 g/mol. The lowest BCUT2D eigenvalue weighted by molar-refractivity contribution is 0.0807. The molecule has 3 heteroatoms. The summed E-state index contributed by atoms with van der Waals surface area (Å²) in [7, 11) is 0. The van der Waals surface area contributed by atoms with Crippen molar-refractivity contribution >= 4 is 10.9 Å². The van der Waals surface area contributed by atoms with E-state index in [4.69, 9.17) is 4.74 Å². The summed E-state index contributed by atoms with van der Waals surface area (Å²) in [6.45, 7) is 6.66. The molecule has 2 N–H and O–H groups in total. The zero-order valence-corrected chi connectivity index (χ0v) is 10.5. The zero-order chi connectivity index (χ0) is 12.1. The van der Waals surface area contributed by atoms with Crippen molar-refractivity contribution in [2.75, 3.05) is 13.2 Å². The van der Waals surface area contributed by atoms with Gasteiger partial charge in [-0.25, -0.2) is 0 Å². The second-order valence-electron chi connectivity index (χ2n) is 4.50. The number of aromatic nitrogens is 1. The van der Waals surface area contributed by atoms with E-state index < -0.39 is 0 Å². The molecule has 0 saturated heterocycles. The van der Waals surface area contributed by atoms with Crippen LogP contribution in [0.25, 0.3) is 10.9 Å². The van der Waals surface area contributed by atoms with E-state index in [1.165, 1.54) is 16.5 Å². The van der Waals surface area contributed by atoms with Crippen molar-refractivity contribution < 1.29 is 4.74 Å². The number of aromatic amines is 1. The molecule has 0 aliphatic carbocycles. The largest absolute Gasteiger partial charge is 0.377 e. The molecule has 3 nitrogen and oxygen atoms in total. The minimum atomic E-state index is 0.313. The van der Waals surface area contributed by atoms with Gasteiger partial charge in [0.25, 0.3) is 0 Å². The molecule has 2 aromatic rings. The zero-order valence-electron chi connectivity index (χ0n) is 10.5. The van der Waals surface area contributed by atoms with Crippen LogP contribution in [0.2, 0.25) is 0 Å². The van der Waals surface area contributed by atoms with E-state index in [2.05, 4.69) is 48.4 Å². The van der Waals surface area contributed by atoms with Gasteiger partial charge in [0.05, 0.1) is 12.7 Å². The van der Waals surface area contributed by atoms with E-state index in [-0.39, 0.29) is 0 Å². The molecule has 0 spiro atoms. The van der Waals surface area contributed by atoms with E-state index >= 15 is 0 Å². The highest BCUT2D eigenvalue weighted by molar-refractivity contribution is 5.79. The van der Waals surface area contributed by atoms with E-state index in [0.29, 0.717) is 6.10 Å². The number of ether oxygens (including phenoxy) is 1. The first-order chi connectivity index (χ1) is 8.25. The van der Waals surface area contributed by atoms with Crippen LogP contribution < -0.4 is 5.32 Å². The maximum absolute atomic E-state index is 5.47. The van der Waals surface area contributed by atoms with Gasteiger partial charge >= 0.3 is 0 Å². The minimum Gasteiger partial charge on any atom is -0.377 e. The number of fused-ring (bicyclic) bond motifs is 1. The molecule has 17 heavy (non-hydrogen) atoms. The van der Waals surface area contributed by atoms with Crippen LogP contribution in [0.1, 0.15) is 19.4 Å². The highest BCUT2D eigenvalue weighted by atomic mass is 16.5. The van der Waals surface area contributed by atoms with Crippen LogP contribution in [0.15, 0.2) is 30.5 Å². The molecule has 0 saturated carbocycles. The highest BCUT2D eigenvalue weighted by Gasteiger charge is 1.97. The predicted octanol–water partition coefficient (Wildman–Crippen LogP) is 2.68. The first-order valence-corrected chi connectivity index (χ1v) is 6.14. The van der Waals surface area contributed by atoms with E-state index in [1.54, 1.807) is 0 Å². The smallest absolute Gasteiger partial charge is 0.0594 e. The van der Waals surface area contributed by atoms with Crippen LogP contribution >= 0.6 is 0 Å². The Bertz CT molecular complexity index is 462. The van der Waals surface area contributed by atoms with E-state index in [9.17, 15) is 0 Å². The van der Waals surface area contributed by atoms with Gasteiger partial charge in [0.1, 0.15) is 0 Å². The molecule has 92 valence electrons. The number of hydrogen-bond acceptors (Lipinski definition) is 2. The lowest BCUT2D eigenvalue weighted by atomic mass is 10.1. The van der Waals surface area contributed by atoms with Gasteiger partial charge in [0.15, 0.2) is 0 Å². The van der Waals surface area contributed by atoms with Gasteiger partial charge in [0, 0.05) is 24.8 Å². The van der Waals surface area contributed by atoms with Gasteiger partial charge in [-0.15, -0.1) is 0 Å². The topological polar surface area (TPSA) is 37.0 Å². The molecule has 0 fully saturated rings. The van der Waals surface area contributed by atoms with Crippen molar-refractivity contribution in [1.29, 1.82) is 0 Å². The molecule has 0 unspecified atom stereocenters. The first kappa shape index (κ1) is 12.1.